The normalized spacial score (nSPS) is 22.3. The molecule has 1 atom stereocenters. The van der Waals surface area contributed by atoms with Crippen LogP contribution in [0, 0.1) is 5.41 Å². The van der Waals surface area contributed by atoms with Gasteiger partial charge in [0.2, 0.25) is 0 Å². The minimum atomic E-state index is -0.870. The van der Waals surface area contributed by atoms with Crippen molar-refractivity contribution in [2.75, 3.05) is 13.1 Å². The van der Waals surface area contributed by atoms with Gasteiger partial charge in [0.15, 0.2) is 0 Å². The lowest BCUT2D eigenvalue weighted by Crippen LogP contribution is -2.35. The first-order chi connectivity index (χ1) is 9.01. The Balaban J connectivity index is 1.87. The highest BCUT2D eigenvalue weighted by atomic mass is 16.6. The zero-order chi connectivity index (χ0) is 13.9. The minimum Gasteiger partial charge on any atom is -0.481 e. The fraction of sp³-hybridized carbons (Fsp3) is 0.429. The summed E-state index contributed by atoms with van der Waals surface area (Å²) in [5.74, 6) is -0.870. The van der Waals surface area contributed by atoms with Crippen molar-refractivity contribution < 1.29 is 19.4 Å². The van der Waals surface area contributed by atoms with Crippen molar-refractivity contribution in [2.45, 2.75) is 20.0 Å². The molecule has 1 aromatic rings. The summed E-state index contributed by atoms with van der Waals surface area (Å²) in [4.78, 5) is 24.4. The Morgan fingerprint density at radius 3 is 2.63 bits per heavy atom. The molecular weight excluding hydrogens is 246 g/mol. The van der Waals surface area contributed by atoms with Gasteiger partial charge >= 0.3 is 12.1 Å². The van der Waals surface area contributed by atoms with Crippen LogP contribution < -0.4 is 0 Å². The van der Waals surface area contributed by atoms with Crippen molar-refractivity contribution in [1.82, 2.24) is 4.90 Å². The molecule has 1 fully saturated rings. The zero-order valence-corrected chi connectivity index (χ0v) is 10.8. The Bertz CT molecular complexity index is 474. The third-order valence-electron chi connectivity index (χ3n) is 3.45. The quantitative estimate of drug-likeness (QED) is 0.907. The summed E-state index contributed by atoms with van der Waals surface area (Å²) < 4.78 is 5.18. The van der Waals surface area contributed by atoms with E-state index >= 15 is 0 Å². The smallest absolute Gasteiger partial charge is 0.410 e. The predicted molar refractivity (Wildman–Crippen MR) is 68.6 cm³/mol. The fourth-order valence-electron chi connectivity index (χ4n) is 2.10. The number of carboxylic acids is 1. The van der Waals surface area contributed by atoms with Crippen LogP contribution in [-0.2, 0) is 16.1 Å². The number of nitrogens with zero attached hydrogens (tertiary/aromatic N) is 1. The number of likely N-dealkylation sites (tertiary alicyclic amines) is 1. The Morgan fingerprint density at radius 1 is 1.37 bits per heavy atom. The molecule has 0 radical (unpaired) electrons. The number of ether oxygens (including phenoxy) is 1. The SMILES string of the molecule is C[C@@]1(C(=O)O)CCN(C(=O)OCc2ccccc2)C1. The molecule has 1 saturated heterocycles. The number of hydrogen-bond donors (Lipinski definition) is 1. The molecule has 1 N–H and O–H groups in total. The molecule has 0 spiro atoms. The van der Waals surface area contributed by atoms with Gasteiger partial charge in [0.05, 0.1) is 5.41 Å². The summed E-state index contributed by atoms with van der Waals surface area (Å²) in [5.41, 5.74) is 0.0576. The second kappa shape index (κ2) is 5.30. The van der Waals surface area contributed by atoms with E-state index in [1.54, 1.807) is 6.92 Å². The maximum atomic E-state index is 11.8. The van der Waals surface area contributed by atoms with Crippen LogP contribution >= 0.6 is 0 Å². The summed E-state index contributed by atoms with van der Waals surface area (Å²) >= 11 is 0. The maximum absolute atomic E-state index is 11.8. The van der Waals surface area contributed by atoms with Crippen LogP contribution in [0.15, 0.2) is 30.3 Å². The van der Waals surface area contributed by atoms with Crippen LogP contribution in [-0.4, -0.2) is 35.2 Å². The van der Waals surface area contributed by atoms with Crippen molar-refractivity contribution in [3.63, 3.8) is 0 Å². The number of hydrogen-bond acceptors (Lipinski definition) is 3. The van der Waals surface area contributed by atoms with Gasteiger partial charge < -0.3 is 14.7 Å². The van der Waals surface area contributed by atoms with Gasteiger partial charge in [-0.25, -0.2) is 4.79 Å². The molecule has 0 aliphatic carbocycles. The first kappa shape index (κ1) is 13.4. The van der Waals surface area contributed by atoms with Crippen molar-refractivity contribution in [3.05, 3.63) is 35.9 Å². The summed E-state index contributed by atoms with van der Waals surface area (Å²) in [6.45, 7) is 2.49. The minimum absolute atomic E-state index is 0.204. The first-order valence-electron chi connectivity index (χ1n) is 6.20. The molecule has 1 aliphatic rings. The predicted octanol–water partition coefficient (Wildman–Crippen LogP) is 2.12. The van der Waals surface area contributed by atoms with E-state index in [-0.39, 0.29) is 13.2 Å². The van der Waals surface area contributed by atoms with E-state index in [2.05, 4.69) is 0 Å². The molecule has 5 nitrogen and oxygen atoms in total. The average molecular weight is 263 g/mol. The van der Waals surface area contributed by atoms with Gasteiger partial charge in [-0.05, 0) is 18.9 Å². The zero-order valence-electron chi connectivity index (χ0n) is 10.8. The number of amides is 1. The Morgan fingerprint density at radius 2 is 2.05 bits per heavy atom. The molecule has 2 rings (SSSR count). The second-order valence-electron chi connectivity index (χ2n) is 5.08. The Labute approximate surface area is 111 Å². The number of benzene rings is 1. The van der Waals surface area contributed by atoms with Gasteiger partial charge in [-0.1, -0.05) is 30.3 Å². The third kappa shape index (κ3) is 3.05. The van der Waals surface area contributed by atoms with E-state index in [0.29, 0.717) is 13.0 Å². The molecule has 5 heteroatoms. The number of carbonyl (C=O) groups is 2. The molecule has 1 aromatic carbocycles. The molecule has 102 valence electrons. The van der Waals surface area contributed by atoms with Crippen LogP contribution in [0.2, 0.25) is 0 Å². The lowest BCUT2D eigenvalue weighted by Gasteiger charge is -2.19. The number of aliphatic carboxylic acids is 1. The van der Waals surface area contributed by atoms with E-state index in [4.69, 9.17) is 9.84 Å². The Hall–Kier alpha value is -2.04. The van der Waals surface area contributed by atoms with Gasteiger partial charge in [0.1, 0.15) is 6.61 Å². The van der Waals surface area contributed by atoms with Crippen molar-refractivity contribution in [3.8, 4) is 0 Å². The topological polar surface area (TPSA) is 66.8 Å². The van der Waals surface area contributed by atoms with E-state index < -0.39 is 17.5 Å². The summed E-state index contributed by atoms with van der Waals surface area (Å²) in [5, 5.41) is 9.10. The second-order valence-corrected chi connectivity index (χ2v) is 5.08. The van der Waals surface area contributed by atoms with Crippen molar-refractivity contribution >= 4 is 12.1 Å². The van der Waals surface area contributed by atoms with Crippen molar-refractivity contribution in [2.24, 2.45) is 5.41 Å². The number of carboxylic acid groups (broad SMARTS) is 1. The van der Waals surface area contributed by atoms with Crippen LogP contribution in [0.1, 0.15) is 18.9 Å². The third-order valence-corrected chi connectivity index (χ3v) is 3.45. The maximum Gasteiger partial charge on any atom is 0.410 e. The number of carbonyl (C=O) groups excluding carboxylic acids is 1. The van der Waals surface area contributed by atoms with Crippen LogP contribution in [0.3, 0.4) is 0 Å². The molecule has 1 heterocycles. The molecule has 1 amide bonds. The van der Waals surface area contributed by atoms with E-state index in [1.807, 2.05) is 30.3 Å². The van der Waals surface area contributed by atoms with Gasteiger partial charge in [0.25, 0.3) is 0 Å². The van der Waals surface area contributed by atoms with E-state index in [9.17, 15) is 9.59 Å². The summed E-state index contributed by atoms with van der Waals surface area (Å²) in [6.07, 6.45) is 0.0109. The van der Waals surface area contributed by atoms with Gasteiger partial charge in [0, 0.05) is 13.1 Å². The molecule has 0 bridgehead atoms. The number of rotatable bonds is 3. The summed E-state index contributed by atoms with van der Waals surface area (Å²) in [6, 6.07) is 9.39. The van der Waals surface area contributed by atoms with Gasteiger partial charge in [-0.2, -0.15) is 0 Å². The average Bonchev–Trinajstić information content (AvgIpc) is 2.81. The summed E-state index contributed by atoms with van der Waals surface area (Å²) in [7, 11) is 0. The largest absolute Gasteiger partial charge is 0.481 e. The van der Waals surface area contributed by atoms with Crippen LogP contribution in [0.5, 0.6) is 0 Å². The molecule has 19 heavy (non-hydrogen) atoms. The highest BCUT2D eigenvalue weighted by Crippen LogP contribution is 2.30. The molecule has 0 aromatic heterocycles. The Kier molecular flexibility index (Phi) is 3.74. The highest BCUT2D eigenvalue weighted by molar-refractivity contribution is 5.77. The van der Waals surface area contributed by atoms with Gasteiger partial charge in [-0.15, -0.1) is 0 Å². The standard InChI is InChI=1S/C14H17NO4/c1-14(12(16)17)7-8-15(10-14)13(18)19-9-11-5-3-2-4-6-11/h2-6H,7-10H2,1H3,(H,16,17)/t14-/m1/s1. The van der Waals surface area contributed by atoms with Gasteiger partial charge in [-0.3, -0.25) is 4.79 Å². The molecular formula is C14H17NO4. The first-order valence-corrected chi connectivity index (χ1v) is 6.20. The lowest BCUT2D eigenvalue weighted by molar-refractivity contribution is -0.147. The monoisotopic (exact) mass is 263 g/mol. The van der Waals surface area contributed by atoms with Crippen LogP contribution in [0.25, 0.3) is 0 Å². The van der Waals surface area contributed by atoms with E-state index in [0.717, 1.165) is 5.56 Å². The van der Waals surface area contributed by atoms with Crippen molar-refractivity contribution in [1.29, 1.82) is 0 Å². The molecule has 1 aliphatic heterocycles. The van der Waals surface area contributed by atoms with Crippen LogP contribution in [0.4, 0.5) is 4.79 Å². The molecule has 0 unspecified atom stereocenters. The highest BCUT2D eigenvalue weighted by Gasteiger charge is 2.42. The molecule has 0 saturated carbocycles. The lowest BCUT2D eigenvalue weighted by atomic mass is 9.90. The fourth-order valence-corrected chi connectivity index (χ4v) is 2.10. The van der Waals surface area contributed by atoms with E-state index in [1.165, 1.54) is 4.90 Å².